The Kier molecular flexibility index (Phi) is 12.9. The van der Waals surface area contributed by atoms with Gasteiger partial charge in [0.05, 0.1) is 48.4 Å². The molecule has 3 aromatic rings. The zero-order valence-electron chi connectivity index (χ0n) is 43.3. The molecule has 7 heteroatoms. The van der Waals surface area contributed by atoms with E-state index in [2.05, 4.69) is 211 Å². The summed E-state index contributed by atoms with van der Waals surface area (Å²) in [5, 5.41) is 15.7. The van der Waals surface area contributed by atoms with E-state index in [-0.39, 0.29) is 5.04 Å². The Labute approximate surface area is 367 Å². The quantitative estimate of drug-likeness (QED) is 0.141. The van der Waals surface area contributed by atoms with Crippen molar-refractivity contribution in [2.75, 3.05) is 0 Å². The highest BCUT2D eigenvalue weighted by atomic mass is 28.3. The summed E-state index contributed by atoms with van der Waals surface area (Å²) in [4.78, 5) is 0. The second kappa shape index (κ2) is 15.2. The minimum absolute atomic E-state index is 0.178. The molecule has 320 valence electrons. The lowest BCUT2D eigenvalue weighted by molar-refractivity contribution is 0.870. The van der Waals surface area contributed by atoms with Gasteiger partial charge in [-0.3, -0.25) is 0 Å². The normalized spacial score (nSPS) is 17.8. The molecule has 0 aromatic heterocycles. The summed E-state index contributed by atoms with van der Waals surface area (Å²) >= 11 is 0. The second-order valence-electron chi connectivity index (χ2n) is 25.4. The van der Waals surface area contributed by atoms with Gasteiger partial charge in [0.1, 0.15) is 0 Å². The Morgan fingerprint density at radius 1 is 0.345 bits per heavy atom. The number of allylic oxidation sites excluding steroid dienone is 4. The number of rotatable bonds is 10. The summed E-state index contributed by atoms with van der Waals surface area (Å²) in [7, 11) is -14.6. The minimum Gasteiger partial charge on any atom is -0.0730 e. The summed E-state index contributed by atoms with van der Waals surface area (Å²) in [5.74, 6) is 0. The lowest BCUT2D eigenvalue weighted by atomic mass is 10.0. The summed E-state index contributed by atoms with van der Waals surface area (Å²) < 4.78 is 0. The van der Waals surface area contributed by atoms with Gasteiger partial charge >= 0.3 is 0 Å². The molecule has 0 radical (unpaired) electrons. The van der Waals surface area contributed by atoms with E-state index in [0.29, 0.717) is 0 Å². The van der Waals surface area contributed by atoms with Crippen LogP contribution in [0, 0.1) is 41.5 Å². The van der Waals surface area contributed by atoms with Gasteiger partial charge in [-0.2, -0.15) is 0 Å². The first-order chi connectivity index (χ1) is 25.7. The maximum atomic E-state index is 2.87. The fourth-order valence-electron chi connectivity index (χ4n) is 12.5. The largest absolute Gasteiger partial charge is 0.162 e. The number of aryl methyl sites for hydroxylation is 3. The smallest absolute Gasteiger partial charge is 0.0730 e. The molecule has 0 N–H and O–H groups in total. The molecule has 0 spiro atoms. The average molecular weight is 898 g/mol. The molecule has 58 heavy (non-hydrogen) atoms. The van der Waals surface area contributed by atoms with Crippen molar-refractivity contribution in [3.63, 3.8) is 0 Å². The molecule has 0 heterocycles. The molecule has 3 aromatic carbocycles. The third-order valence-corrected chi connectivity index (χ3v) is 34.2. The predicted molar refractivity (Wildman–Crippen MR) is 291 cm³/mol. The van der Waals surface area contributed by atoms with Crippen LogP contribution < -0.4 is 46.7 Å². The van der Waals surface area contributed by atoms with Gasteiger partial charge in [0.25, 0.3) is 0 Å². The number of benzene rings is 3. The predicted octanol–water partition coefficient (Wildman–Crippen LogP) is 10.3. The molecule has 1 unspecified atom stereocenters. The van der Waals surface area contributed by atoms with Crippen molar-refractivity contribution >= 4 is 103 Å². The zero-order chi connectivity index (χ0) is 45.2. The van der Waals surface area contributed by atoms with Gasteiger partial charge in [-0.25, -0.2) is 0 Å². The van der Waals surface area contributed by atoms with Crippen LogP contribution >= 0.6 is 0 Å². The molecule has 0 bridgehead atoms. The molecule has 0 nitrogen and oxygen atoms in total. The molecule has 1 aliphatic rings. The van der Waals surface area contributed by atoms with E-state index in [0.717, 1.165) is 0 Å². The number of hydrogen-bond acceptors (Lipinski definition) is 0. The van der Waals surface area contributed by atoms with Gasteiger partial charge < -0.3 is 0 Å². The van der Waals surface area contributed by atoms with Crippen molar-refractivity contribution in [1.82, 2.24) is 0 Å². The third kappa shape index (κ3) is 7.95. The van der Waals surface area contributed by atoms with Gasteiger partial charge in [-0.05, 0) is 83.4 Å². The SMILES string of the molecule is CC1=CC(C)([Si](c2c([Si](C)(C)C)cc(C)c([Si](C)(C)C)c2C)(c2c([Si](C)(C)C)cc(C)c([Si](C)(C)C)c2C)c2c([Si](C)(C)C)cc(C)c([Si](C)(C)C)c2C)C(C)=C1C. The Morgan fingerprint density at radius 2 is 0.586 bits per heavy atom. The second-order valence-corrected chi connectivity index (χ2v) is 59.5. The van der Waals surface area contributed by atoms with Crippen molar-refractivity contribution < 1.29 is 0 Å². The van der Waals surface area contributed by atoms with Crippen molar-refractivity contribution in [3.8, 4) is 0 Å². The van der Waals surface area contributed by atoms with Gasteiger partial charge in [-0.1, -0.05) is 225 Å². The summed E-state index contributed by atoms with van der Waals surface area (Å²) in [5.41, 5.74) is 14.3. The Bertz CT molecular complexity index is 2010. The number of hydrogen-bond donors (Lipinski definition) is 0. The van der Waals surface area contributed by atoms with Gasteiger partial charge in [0, 0.05) is 5.04 Å². The molecule has 4 rings (SSSR count). The van der Waals surface area contributed by atoms with Crippen LogP contribution in [0.5, 0.6) is 0 Å². The zero-order valence-corrected chi connectivity index (χ0v) is 50.3. The molecular formula is C51H88Si7. The van der Waals surface area contributed by atoms with E-state index >= 15 is 0 Å². The monoisotopic (exact) mass is 897 g/mol. The van der Waals surface area contributed by atoms with E-state index in [1.165, 1.54) is 11.1 Å². The minimum atomic E-state index is -3.22. The van der Waals surface area contributed by atoms with E-state index < -0.39 is 56.5 Å². The van der Waals surface area contributed by atoms with Crippen LogP contribution in [-0.4, -0.2) is 56.5 Å². The first-order valence-electron chi connectivity index (χ1n) is 22.6. The fourth-order valence-corrected chi connectivity index (χ4v) is 37.2. The van der Waals surface area contributed by atoms with Crippen LogP contribution in [0.1, 0.15) is 61.1 Å². The summed E-state index contributed by atoms with van der Waals surface area (Å²) in [6.45, 7) is 73.4. The van der Waals surface area contributed by atoms with Crippen LogP contribution in [0.15, 0.2) is 41.0 Å². The molecular weight excluding hydrogens is 809 g/mol. The van der Waals surface area contributed by atoms with Gasteiger partial charge in [0.2, 0.25) is 0 Å². The van der Waals surface area contributed by atoms with Crippen LogP contribution in [0.4, 0.5) is 0 Å². The topological polar surface area (TPSA) is 0 Å². The standard InChI is InChI=1S/C51H88Si7/c1-33-29-42(52(11,12)13)48(38(6)45(33)55(20,21)22)58(51(10)32-36(4)37(5)41(51)9,49-39(7)46(56(23,24)25)34(2)30-43(49)53(14,15)16)50-40(8)47(57(26,27)28)35(3)31-44(50)54(17,18)19/h29-32H,1-28H3. The highest BCUT2D eigenvalue weighted by Gasteiger charge is 2.62. The Morgan fingerprint density at radius 3 is 0.759 bits per heavy atom. The highest BCUT2D eigenvalue weighted by Crippen LogP contribution is 2.53. The summed E-state index contributed by atoms with van der Waals surface area (Å²) in [6, 6.07) is 8.41. The van der Waals surface area contributed by atoms with Crippen LogP contribution in [-0.2, 0) is 0 Å². The van der Waals surface area contributed by atoms with Crippen LogP contribution in [0.2, 0.25) is 123 Å². The van der Waals surface area contributed by atoms with Gasteiger partial charge in [-0.15, -0.1) is 0 Å². The van der Waals surface area contributed by atoms with Crippen molar-refractivity contribution in [1.29, 1.82) is 0 Å². The molecule has 1 aliphatic carbocycles. The lowest BCUT2D eigenvalue weighted by Crippen LogP contribution is -2.86. The molecule has 0 fully saturated rings. The highest BCUT2D eigenvalue weighted by molar-refractivity contribution is 7.22. The maximum absolute atomic E-state index is 3.22. The van der Waals surface area contributed by atoms with Crippen LogP contribution in [0.25, 0.3) is 0 Å². The first-order valence-corrected chi connectivity index (χ1v) is 45.6. The third-order valence-electron chi connectivity index (χ3n) is 14.3. The first kappa shape index (κ1) is 49.3. The molecule has 0 amide bonds. The van der Waals surface area contributed by atoms with Crippen LogP contribution in [0.3, 0.4) is 0 Å². The van der Waals surface area contributed by atoms with E-state index in [9.17, 15) is 0 Å². The van der Waals surface area contributed by atoms with Crippen molar-refractivity contribution in [2.45, 2.75) is 192 Å². The maximum Gasteiger partial charge on any atom is 0.162 e. The molecule has 1 atom stereocenters. The van der Waals surface area contributed by atoms with E-state index in [1.807, 2.05) is 15.6 Å². The average Bonchev–Trinajstić information content (AvgIpc) is 3.18. The molecule has 0 saturated heterocycles. The molecule has 0 saturated carbocycles. The van der Waals surface area contributed by atoms with E-state index in [1.54, 1.807) is 70.1 Å². The van der Waals surface area contributed by atoms with Gasteiger partial charge in [0.15, 0.2) is 8.07 Å². The lowest BCUT2D eigenvalue weighted by Gasteiger charge is -2.55. The molecule has 0 aliphatic heterocycles. The van der Waals surface area contributed by atoms with E-state index in [4.69, 9.17) is 0 Å². The van der Waals surface area contributed by atoms with Crippen molar-refractivity contribution in [3.05, 3.63) is 74.4 Å². The fraction of sp³-hybridized carbons (Fsp3) is 0.569. The Hall–Kier alpha value is -1.34. The summed E-state index contributed by atoms with van der Waals surface area (Å²) in [6.07, 6.45) is 2.87. The van der Waals surface area contributed by atoms with Crippen molar-refractivity contribution in [2.24, 2.45) is 0 Å². The Balaban J connectivity index is 2.88.